The van der Waals surface area contributed by atoms with Gasteiger partial charge in [0.15, 0.2) is 0 Å². The fourth-order valence-corrected chi connectivity index (χ4v) is 3.24. The quantitative estimate of drug-likeness (QED) is 0.797. The van der Waals surface area contributed by atoms with E-state index in [-0.39, 0.29) is 5.91 Å². The molecule has 1 aromatic rings. The third kappa shape index (κ3) is 3.10. The minimum Gasteiger partial charge on any atom is -0.496 e. The Morgan fingerprint density at radius 2 is 1.95 bits per heavy atom. The fourth-order valence-electron chi connectivity index (χ4n) is 3.24. The van der Waals surface area contributed by atoms with Crippen molar-refractivity contribution in [3.05, 3.63) is 35.9 Å². The number of piperidine rings is 1. The predicted octanol–water partition coefficient (Wildman–Crippen LogP) is 2.01. The normalized spacial score (nSPS) is 25.1. The van der Waals surface area contributed by atoms with E-state index in [0.29, 0.717) is 6.04 Å². The lowest BCUT2D eigenvalue weighted by molar-refractivity contribution is -0.127. The van der Waals surface area contributed by atoms with Crippen LogP contribution in [0.2, 0.25) is 0 Å². The lowest BCUT2D eigenvalue weighted by atomic mass is 10.1. The van der Waals surface area contributed by atoms with Crippen LogP contribution in [0.4, 0.5) is 0 Å². The van der Waals surface area contributed by atoms with E-state index in [1.165, 1.54) is 0 Å². The lowest BCUT2D eigenvalue weighted by Gasteiger charge is -2.30. The van der Waals surface area contributed by atoms with Gasteiger partial charge in [0.2, 0.25) is 5.91 Å². The van der Waals surface area contributed by atoms with Crippen LogP contribution in [0.15, 0.2) is 30.3 Å². The Balaban J connectivity index is 1.72. The smallest absolute Gasteiger partial charge is 0.246 e. The van der Waals surface area contributed by atoms with Gasteiger partial charge in [0.05, 0.1) is 7.11 Å². The molecule has 3 fully saturated rings. The number of ether oxygens (including phenoxy) is 1. The highest BCUT2D eigenvalue weighted by Gasteiger charge is 2.30. The summed E-state index contributed by atoms with van der Waals surface area (Å²) >= 11 is 0. The van der Waals surface area contributed by atoms with Crippen LogP contribution in [0.25, 0.3) is 6.08 Å². The summed E-state index contributed by atoms with van der Waals surface area (Å²) < 4.78 is 5.31. The number of fused-ring (bicyclic) bond motifs is 4. The third-order valence-electron chi connectivity index (χ3n) is 4.48. The molecule has 0 N–H and O–H groups in total. The second-order valence-electron chi connectivity index (χ2n) is 5.68. The summed E-state index contributed by atoms with van der Waals surface area (Å²) in [6.45, 7) is 4.11. The predicted molar refractivity (Wildman–Crippen MR) is 83.2 cm³/mol. The van der Waals surface area contributed by atoms with Gasteiger partial charge >= 0.3 is 0 Å². The van der Waals surface area contributed by atoms with Gasteiger partial charge in [-0.25, -0.2) is 0 Å². The largest absolute Gasteiger partial charge is 0.496 e. The van der Waals surface area contributed by atoms with Crippen molar-refractivity contribution in [3.8, 4) is 5.75 Å². The molecule has 112 valence electrons. The number of benzene rings is 1. The Kier molecular flexibility index (Phi) is 4.25. The Bertz CT molecular complexity index is 533. The maximum atomic E-state index is 12.5. The highest BCUT2D eigenvalue weighted by Crippen LogP contribution is 2.22. The number of carbonyl (C=O) groups is 1. The molecule has 1 amide bonds. The molecule has 1 aromatic carbocycles. The van der Waals surface area contributed by atoms with Crippen molar-refractivity contribution in [2.75, 3.05) is 33.3 Å². The summed E-state index contributed by atoms with van der Waals surface area (Å²) in [5.74, 6) is 0.916. The maximum Gasteiger partial charge on any atom is 0.246 e. The van der Waals surface area contributed by atoms with Crippen LogP contribution >= 0.6 is 0 Å². The molecule has 3 aliphatic rings. The molecule has 3 heterocycles. The molecular formula is C17H22N2O2. The molecule has 21 heavy (non-hydrogen) atoms. The van der Waals surface area contributed by atoms with Crippen LogP contribution < -0.4 is 4.74 Å². The molecule has 4 heteroatoms. The van der Waals surface area contributed by atoms with Gasteiger partial charge in [-0.05, 0) is 25.0 Å². The van der Waals surface area contributed by atoms with Crippen molar-refractivity contribution in [1.82, 2.24) is 9.80 Å². The van der Waals surface area contributed by atoms with E-state index in [4.69, 9.17) is 4.74 Å². The molecule has 0 aliphatic carbocycles. The lowest BCUT2D eigenvalue weighted by Crippen LogP contribution is -2.40. The first-order valence-electron chi connectivity index (χ1n) is 7.62. The van der Waals surface area contributed by atoms with Crippen LogP contribution in [0.5, 0.6) is 5.75 Å². The van der Waals surface area contributed by atoms with Crippen LogP contribution in [0.1, 0.15) is 18.4 Å². The van der Waals surface area contributed by atoms with Crippen molar-refractivity contribution < 1.29 is 9.53 Å². The number of rotatable bonds is 3. The molecule has 0 atom stereocenters. The molecule has 4 rings (SSSR count). The summed E-state index contributed by atoms with van der Waals surface area (Å²) in [5.41, 5.74) is 0.941. The van der Waals surface area contributed by atoms with E-state index in [2.05, 4.69) is 4.90 Å². The van der Waals surface area contributed by atoms with E-state index in [1.54, 1.807) is 13.2 Å². The van der Waals surface area contributed by atoms with Crippen molar-refractivity contribution >= 4 is 12.0 Å². The zero-order valence-corrected chi connectivity index (χ0v) is 12.5. The SMILES string of the molecule is COc1ccccc1C=CC(=O)N1CCN2CCC1CC2. The molecule has 2 bridgehead atoms. The topological polar surface area (TPSA) is 32.8 Å². The highest BCUT2D eigenvalue weighted by molar-refractivity contribution is 5.92. The third-order valence-corrected chi connectivity index (χ3v) is 4.48. The second kappa shape index (κ2) is 6.31. The number of para-hydroxylation sites is 1. The van der Waals surface area contributed by atoms with Gasteiger partial charge in [-0.15, -0.1) is 0 Å². The number of methoxy groups -OCH3 is 1. The standard InChI is InChI=1S/C17H22N2O2/c1-21-16-5-3-2-4-14(16)6-7-17(20)19-13-12-18-10-8-15(19)9-11-18/h2-7,15H,8-13H2,1H3. The molecule has 3 aliphatic heterocycles. The van der Waals surface area contributed by atoms with E-state index in [9.17, 15) is 4.79 Å². The van der Waals surface area contributed by atoms with Gasteiger partial charge < -0.3 is 14.5 Å². The fraction of sp³-hybridized carbons (Fsp3) is 0.471. The number of amides is 1. The number of hydrogen-bond donors (Lipinski definition) is 0. The Morgan fingerprint density at radius 1 is 1.19 bits per heavy atom. The van der Waals surface area contributed by atoms with Crippen LogP contribution in [-0.4, -0.2) is 55.0 Å². The molecule has 0 spiro atoms. The molecule has 0 unspecified atom stereocenters. The molecule has 3 saturated heterocycles. The first kappa shape index (κ1) is 14.1. The highest BCUT2D eigenvalue weighted by atomic mass is 16.5. The van der Waals surface area contributed by atoms with Gasteiger partial charge in [-0.2, -0.15) is 0 Å². The summed E-state index contributed by atoms with van der Waals surface area (Å²) in [5, 5.41) is 0. The molecular weight excluding hydrogens is 264 g/mol. The van der Waals surface area contributed by atoms with Gasteiger partial charge in [0.1, 0.15) is 5.75 Å². The van der Waals surface area contributed by atoms with Gasteiger partial charge in [-0.3, -0.25) is 4.79 Å². The summed E-state index contributed by atoms with van der Waals surface area (Å²) in [4.78, 5) is 17.0. The summed E-state index contributed by atoms with van der Waals surface area (Å²) in [6.07, 6.45) is 5.76. The van der Waals surface area contributed by atoms with E-state index >= 15 is 0 Å². The first-order valence-corrected chi connectivity index (χ1v) is 7.62. The summed E-state index contributed by atoms with van der Waals surface area (Å²) in [7, 11) is 1.65. The Morgan fingerprint density at radius 3 is 2.71 bits per heavy atom. The van der Waals surface area contributed by atoms with Crippen molar-refractivity contribution in [2.24, 2.45) is 0 Å². The Labute approximate surface area is 126 Å². The Hall–Kier alpha value is -1.81. The number of carbonyl (C=O) groups excluding carboxylic acids is 1. The molecule has 4 nitrogen and oxygen atoms in total. The molecule has 0 saturated carbocycles. The average molecular weight is 286 g/mol. The van der Waals surface area contributed by atoms with Gasteiger partial charge in [-0.1, -0.05) is 18.2 Å². The summed E-state index contributed by atoms with van der Waals surface area (Å²) in [6, 6.07) is 8.17. The van der Waals surface area contributed by atoms with E-state index in [1.807, 2.05) is 35.2 Å². The zero-order valence-electron chi connectivity index (χ0n) is 12.5. The number of nitrogens with zero attached hydrogens (tertiary/aromatic N) is 2. The maximum absolute atomic E-state index is 12.5. The monoisotopic (exact) mass is 286 g/mol. The second-order valence-corrected chi connectivity index (χ2v) is 5.68. The van der Waals surface area contributed by atoms with Crippen molar-refractivity contribution in [1.29, 1.82) is 0 Å². The van der Waals surface area contributed by atoms with Gasteiger partial charge in [0, 0.05) is 43.9 Å². The van der Waals surface area contributed by atoms with Crippen molar-refractivity contribution in [2.45, 2.75) is 18.9 Å². The van der Waals surface area contributed by atoms with Crippen LogP contribution in [0.3, 0.4) is 0 Å². The van der Waals surface area contributed by atoms with Crippen LogP contribution in [-0.2, 0) is 4.79 Å². The van der Waals surface area contributed by atoms with Gasteiger partial charge in [0.25, 0.3) is 0 Å². The number of hydrogen-bond acceptors (Lipinski definition) is 3. The molecule has 0 radical (unpaired) electrons. The zero-order chi connectivity index (χ0) is 14.7. The minimum absolute atomic E-state index is 0.120. The van der Waals surface area contributed by atoms with Crippen LogP contribution in [0, 0.1) is 0 Å². The van der Waals surface area contributed by atoms with Crippen molar-refractivity contribution in [3.63, 3.8) is 0 Å². The minimum atomic E-state index is 0.120. The first-order chi connectivity index (χ1) is 10.3. The average Bonchev–Trinajstić information content (AvgIpc) is 2.86. The van der Waals surface area contributed by atoms with E-state index in [0.717, 1.165) is 50.3 Å². The molecule has 0 aromatic heterocycles. The van der Waals surface area contributed by atoms with E-state index < -0.39 is 0 Å².